The number of aromatic hydroxyl groups is 1. The summed E-state index contributed by atoms with van der Waals surface area (Å²) in [5, 5.41) is 30.1. The van der Waals surface area contributed by atoms with E-state index in [1.54, 1.807) is 25.1 Å². The molecule has 2 aromatic rings. The van der Waals surface area contributed by atoms with Crippen LogP contribution in [-0.2, 0) is 11.2 Å². The predicted octanol–water partition coefficient (Wildman–Crippen LogP) is 3.11. The molecule has 0 aliphatic rings. The average molecular weight is 331 g/mol. The van der Waals surface area contributed by atoms with Crippen molar-refractivity contribution in [2.24, 2.45) is 0 Å². The highest BCUT2D eigenvalue weighted by Crippen LogP contribution is 2.31. The normalized spacial score (nSPS) is 11.7. The summed E-state index contributed by atoms with van der Waals surface area (Å²) in [6.45, 7) is 2.02. The van der Waals surface area contributed by atoms with Gasteiger partial charge in [-0.2, -0.15) is 0 Å². The van der Waals surface area contributed by atoms with Gasteiger partial charge < -0.3 is 14.9 Å². The third-order valence-electron chi connectivity index (χ3n) is 3.53. The van der Waals surface area contributed by atoms with Crippen LogP contribution in [0.3, 0.4) is 0 Å². The van der Waals surface area contributed by atoms with Gasteiger partial charge in [0.15, 0.2) is 5.75 Å². The maximum absolute atomic E-state index is 11.6. The molecule has 0 saturated carbocycles. The predicted molar refractivity (Wildman–Crippen MR) is 86.5 cm³/mol. The lowest BCUT2D eigenvalue weighted by molar-refractivity contribution is -0.385. The third kappa shape index (κ3) is 4.01. The number of hydrogen-bond donors (Lipinski definition) is 2. The minimum atomic E-state index is -1.07. The van der Waals surface area contributed by atoms with Gasteiger partial charge in [-0.15, -0.1) is 0 Å². The molecule has 0 radical (unpaired) electrons. The molecular weight excluding hydrogens is 314 g/mol. The first-order valence-corrected chi connectivity index (χ1v) is 7.34. The molecule has 7 nitrogen and oxygen atoms in total. The summed E-state index contributed by atoms with van der Waals surface area (Å²) in [6, 6.07) is 10.4. The molecule has 1 unspecified atom stereocenters. The molecular formula is C17H17NO6. The van der Waals surface area contributed by atoms with Gasteiger partial charge in [-0.1, -0.05) is 18.2 Å². The van der Waals surface area contributed by atoms with E-state index < -0.39 is 16.8 Å². The van der Waals surface area contributed by atoms with E-state index >= 15 is 0 Å². The van der Waals surface area contributed by atoms with Gasteiger partial charge in [-0.25, -0.2) is 0 Å². The fourth-order valence-electron chi connectivity index (χ4n) is 2.44. The number of aliphatic carboxylic acids is 1. The minimum Gasteiger partial charge on any atom is -0.508 e. The van der Waals surface area contributed by atoms with Gasteiger partial charge in [-0.05, 0) is 42.7 Å². The number of hydrogen-bond acceptors (Lipinski definition) is 5. The van der Waals surface area contributed by atoms with E-state index in [2.05, 4.69) is 0 Å². The number of benzene rings is 2. The Balaban J connectivity index is 2.35. The summed E-state index contributed by atoms with van der Waals surface area (Å²) < 4.78 is 5.22. The quantitative estimate of drug-likeness (QED) is 0.596. The molecule has 0 heterocycles. The molecule has 0 aliphatic carbocycles. The topological polar surface area (TPSA) is 110 Å². The molecule has 2 aromatic carbocycles. The first kappa shape index (κ1) is 17.3. The fraction of sp³-hybridized carbons (Fsp3) is 0.235. The lowest BCUT2D eigenvalue weighted by atomic mass is 9.91. The van der Waals surface area contributed by atoms with Crippen molar-refractivity contribution in [1.29, 1.82) is 0 Å². The summed E-state index contributed by atoms with van der Waals surface area (Å²) in [4.78, 5) is 22.2. The Morgan fingerprint density at radius 3 is 2.62 bits per heavy atom. The van der Waals surface area contributed by atoms with Crippen LogP contribution >= 0.6 is 0 Å². The van der Waals surface area contributed by atoms with Crippen molar-refractivity contribution >= 4 is 11.7 Å². The Hall–Kier alpha value is -3.09. The number of carboxylic acids is 1. The van der Waals surface area contributed by atoms with E-state index in [0.29, 0.717) is 17.7 Å². The Bertz CT molecular complexity index is 758. The summed E-state index contributed by atoms with van der Waals surface area (Å²) in [5.74, 6) is -1.88. The first-order chi connectivity index (χ1) is 11.4. The molecule has 0 saturated heterocycles. The monoisotopic (exact) mass is 331 g/mol. The number of nitro benzene ring substituents is 1. The van der Waals surface area contributed by atoms with Crippen molar-refractivity contribution in [2.75, 3.05) is 6.61 Å². The van der Waals surface area contributed by atoms with Crippen LogP contribution in [-0.4, -0.2) is 27.7 Å². The van der Waals surface area contributed by atoms with Crippen LogP contribution < -0.4 is 4.74 Å². The lowest BCUT2D eigenvalue weighted by Crippen LogP contribution is -2.14. The van der Waals surface area contributed by atoms with E-state index in [1.165, 1.54) is 24.3 Å². The van der Waals surface area contributed by atoms with Crippen LogP contribution in [0.4, 0.5) is 5.69 Å². The van der Waals surface area contributed by atoms with Gasteiger partial charge in [0.25, 0.3) is 0 Å². The average Bonchev–Trinajstić information content (AvgIpc) is 2.53. The van der Waals surface area contributed by atoms with E-state index in [4.69, 9.17) is 4.74 Å². The van der Waals surface area contributed by atoms with E-state index in [-0.39, 0.29) is 23.6 Å². The molecule has 0 amide bonds. The zero-order valence-corrected chi connectivity index (χ0v) is 13.0. The molecule has 0 bridgehead atoms. The third-order valence-corrected chi connectivity index (χ3v) is 3.53. The van der Waals surface area contributed by atoms with Crippen LogP contribution in [0, 0.1) is 10.1 Å². The van der Waals surface area contributed by atoms with Gasteiger partial charge in [0.2, 0.25) is 0 Å². The van der Waals surface area contributed by atoms with Gasteiger partial charge >= 0.3 is 11.7 Å². The van der Waals surface area contributed by atoms with Crippen molar-refractivity contribution in [2.45, 2.75) is 19.3 Å². The standard InChI is InChI=1S/C17H17NO6/c1-2-24-16-7-6-11(9-15(16)18(22)23)8-14(17(20)21)12-4-3-5-13(19)10-12/h3-7,9-10,14,19H,2,8H2,1H3,(H,20,21). The van der Waals surface area contributed by atoms with E-state index in [1.807, 2.05) is 0 Å². The summed E-state index contributed by atoms with van der Waals surface area (Å²) in [7, 11) is 0. The number of carbonyl (C=O) groups is 1. The molecule has 1 atom stereocenters. The maximum atomic E-state index is 11.6. The van der Waals surface area contributed by atoms with Crippen LogP contribution in [0.5, 0.6) is 11.5 Å². The van der Waals surface area contributed by atoms with Crippen molar-refractivity contribution < 1.29 is 24.7 Å². The Labute approximate surface area is 138 Å². The van der Waals surface area contributed by atoms with Gasteiger partial charge in [0.1, 0.15) is 5.75 Å². The van der Waals surface area contributed by atoms with Gasteiger partial charge in [-0.3, -0.25) is 14.9 Å². The Morgan fingerprint density at radius 2 is 2.04 bits per heavy atom. The van der Waals surface area contributed by atoms with Crippen molar-refractivity contribution in [3.05, 3.63) is 63.7 Å². The maximum Gasteiger partial charge on any atom is 0.311 e. The Kier molecular flexibility index (Phi) is 5.36. The molecule has 0 aliphatic heterocycles. The van der Waals surface area contributed by atoms with Crippen molar-refractivity contribution in [3.8, 4) is 11.5 Å². The largest absolute Gasteiger partial charge is 0.508 e. The number of nitro groups is 1. The van der Waals surface area contributed by atoms with E-state index in [0.717, 1.165) is 0 Å². The molecule has 0 aromatic heterocycles. The number of phenols is 1. The minimum absolute atomic E-state index is 0.0311. The highest BCUT2D eigenvalue weighted by atomic mass is 16.6. The lowest BCUT2D eigenvalue weighted by Gasteiger charge is -2.14. The summed E-state index contributed by atoms with van der Waals surface area (Å²) >= 11 is 0. The highest BCUT2D eigenvalue weighted by Gasteiger charge is 2.23. The van der Waals surface area contributed by atoms with E-state index in [9.17, 15) is 25.1 Å². The number of nitrogens with zero attached hydrogens (tertiary/aromatic N) is 1. The molecule has 0 fully saturated rings. The van der Waals surface area contributed by atoms with Crippen LogP contribution in [0.1, 0.15) is 24.0 Å². The number of phenolic OH excluding ortho intramolecular Hbond substituents is 1. The zero-order chi connectivity index (χ0) is 17.7. The van der Waals surface area contributed by atoms with Crippen LogP contribution in [0.25, 0.3) is 0 Å². The molecule has 24 heavy (non-hydrogen) atoms. The van der Waals surface area contributed by atoms with Crippen LogP contribution in [0.15, 0.2) is 42.5 Å². The molecule has 126 valence electrons. The summed E-state index contributed by atoms with van der Waals surface area (Å²) in [5.41, 5.74) is 0.731. The first-order valence-electron chi connectivity index (χ1n) is 7.34. The van der Waals surface area contributed by atoms with Gasteiger partial charge in [0.05, 0.1) is 17.4 Å². The van der Waals surface area contributed by atoms with Crippen LogP contribution in [0.2, 0.25) is 0 Å². The highest BCUT2D eigenvalue weighted by molar-refractivity contribution is 5.76. The molecule has 0 spiro atoms. The SMILES string of the molecule is CCOc1ccc(CC(C(=O)O)c2cccc(O)c2)cc1[N+](=O)[O-]. The number of carboxylic acid groups (broad SMARTS) is 1. The van der Waals surface area contributed by atoms with Gasteiger partial charge in [0, 0.05) is 6.07 Å². The number of rotatable bonds is 7. The second-order valence-electron chi connectivity index (χ2n) is 5.18. The second kappa shape index (κ2) is 7.45. The van der Waals surface area contributed by atoms with Crippen molar-refractivity contribution in [3.63, 3.8) is 0 Å². The molecule has 2 rings (SSSR count). The second-order valence-corrected chi connectivity index (χ2v) is 5.18. The fourth-order valence-corrected chi connectivity index (χ4v) is 2.44. The molecule has 7 heteroatoms. The molecule has 2 N–H and O–H groups in total. The summed E-state index contributed by atoms with van der Waals surface area (Å²) in [6.07, 6.45) is 0.0615. The van der Waals surface area contributed by atoms with Crippen molar-refractivity contribution in [1.82, 2.24) is 0 Å². The smallest absolute Gasteiger partial charge is 0.311 e. The zero-order valence-electron chi connectivity index (χ0n) is 13.0. The number of ether oxygens (including phenoxy) is 1. The Morgan fingerprint density at radius 1 is 1.29 bits per heavy atom.